The van der Waals surface area contributed by atoms with E-state index >= 15 is 0 Å². The number of aromatic nitrogens is 1. The summed E-state index contributed by atoms with van der Waals surface area (Å²) in [5, 5.41) is 6.23. The molecular weight excluding hydrogens is 318 g/mol. The minimum atomic E-state index is 0.104. The van der Waals surface area contributed by atoms with Gasteiger partial charge >= 0.3 is 0 Å². The van der Waals surface area contributed by atoms with Gasteiger partial charge in [-0.25, -0.2) is 4.98 Å². The highest BCUT2D eigenvalue weighted by Crippen LogP contribution is 2.22. The highest BCUT2D eigenvalue weighted by atomic mass is 16.3. The lowest BCUT2D eigenvalue weighted by molar-refractivity contribution is -0.128. The molecule has 1 aromatic heterocycles. The monoisotopic (exact) mass is 341 g/mol. The first-order valence-corrected chi connectivity index (χ1v) is 8.48. The average Bonchev–Trinajstić information content (AvgIpc) is 3.34. The number of amides is 1. The Hall–Kier alpha value is -2.83. The highest BCUT2D eigenvalue weighted by Gasteiger charge is 2.18. The van der Waals surface area contributed by atoms with Crippen LogP contribution in [0.2, 0.25) is 0 Å². The minimum Gasteiger partial charge on any atom is -0.443 e. The van der Waals surface area contributed by atoms with Crippen molar-refractivity contribution in [2.45, 2.75) is 19.4 Å². The maximum Gasteiger partial charge on any atom is 0.241 e. The van der Waals surface area contributed by atoms with Gasteiger partial charge in [0.2, 0.25) is 5.91 Å². The summed E-state index contributed by atoms with van der Waals surface area (Å²) in [5.41, 5.74) is 1.77. The number of carbonyl (C=O) groups excluding carboxylic acids is 1. The van der Waals surface area contributed by atoms with Gasteiger partial charge in [-0.15, -0.1) is 0 Å². The largest absolute Gasteiger partial charge is 0.443 e. The van der Waals surface area contributed by atoms with Crippen LogP contribution in [0.4, 0.5) is 0 Å². The summed E-state index contributed by atoms with van der Waals surface area (Å²) in [4.78, 5) is 22.4. The predicted octanol–water partition coefficient (Wildman–Crippen LogP) is 1.63. The number of guanidine groups is 1. The van der Waals surface area contributed by atoms with Crippen molar-refractivity contribution in [1.29, 1.82) is 0 Å². The van der Waals surface area contributed by atoms with Gasteiger partial charge in [-0.1, -0.05) is 30.3 Å². The zero-order valence-corrected chi connectivity index (χ0v) is 14.4. The van der Waals surface area contributed by atoms with Crippen molar-refractivity contribution in [3.63, 3.8) is 0 Å². The van der Waals surface area contributed by atoms with Crippen LogP contribution in [-0.2, 0) is 11.3 Å². The number of hydrogen-bond acceptors (Lipinski definition) is 4. The highest BCUT2D eigenvalue weighted by molar-refractivity contribution is 5.86. The van der Waals surface area contributed by atoms with Gasteiger partial charge < -0.3 is 20.0 Å². The van der Waals surface area contributed by atoms with Crippen LogP contribution in [0.3, 0.4) is 0 Å². The molecule has 0 aliphatic carbocycles. The van der Waals surface area contributed by atoms with E-state index in [1.807, 2.05) is 35.2 Å². The molecule has 0 bridgehead atoms. The Morgan fingerprint density at radius 2 is 2.00 bits per heavy atom. The molecule has 0 saturated carbocycles. The molecule has 1 aromatic carbocycles. The molecule has 7 heteroatoms. The van der Waals surface area contributed by atoms with Gasteiger partial charge in [0.25, 0.3) is 0 Å². The number of likely N-dealkylation sites (tertiary alicyclic amines) is 1. The second-order valence-corrected chi connectivity index (χ2v) is 5.86. The molecule has 0 radical (unpaired) electrons. The van der Waals surface area contributed by atoms with Crippen LogP contribution < -0.4 is 10.6 Å². The van der Waals surface area contributed by atoms with E-state index in [1.54, 1.807) is 7.05 Å². The van der Waals surface area contributed by atoms with Crippen LogP contribution in [0.5, 0.6) is 0 Å². The van der Waals surface area contributed by atoms with Gasteiger partial charge in [-0.2, -0.15) is 0 Å². The van der Waals surface area contributed by atoms with Crippen molar-refractivity contribution in [2.75, 3.05) is 26.7 Å². The molecule has 0 spiro atoms. The molecule has 0 unspecified atom stereocenters. The molecule has 0 atom stereocenters. The number of hydrogen-bond donors (Lipinski definition) is 2. The zero-order chi connectivity index (χ0) is 17.5. The van der Waals surface area contributed by atoms with Crippen molar-refractivity contribution in [3.8, 4) is 11.3 Å². The third-order valence-electron chi connectivity index (χ3n) is 4.19. The minimum absolute atomic E-state index is 0.104. The Bertz CT molecular complexity index is 720. The number of rotatable bonds is 5. The molecule has 7 nitrogen and oxygen atoms in total. The lowest BCUT2D eigenvalue weighted by atomic mass is 10.1. The van der Waals surface area contributed by atoms with Crippen LogP contribution in [0, 0.1) is 0 Å². The molecule has 3 rings (SSSR count). The van der Waals surface area contributed by atoms with E-state index in [-0.39, 0.29) is 12.5 Å². The normalized spacial score (nSPS) is 14.6. The molecule has 132 valence electrons. The van der Waals surface area contributed by atoms with Crippen LogP contribution in [0.15, 0.2) is 46.1 Å². The number of oxazole rings is 1. The summed E-state index contributed by atoms with van der Waals surface area (Å²) in [6.07, 6.45) is 3.62. The van der Waals surface area contributed by atoms with Gasteiger partial charge in [0.15, 0.2) is 18.1 Å². The molecule has 2 heterocycles. The summed E-state index contributed by atoms with van der Waals surface area (Å²) < 4.78 is 5.51. The maximum atomic E-state index is 12.1. The summed E-state index contributed by atoms with van der Waals surface area (Å²) in [7, 11) is 1.68. The standard InChI is InChI=1S/C18H23N5O2/c1-19-18(21-12-16(24)23-9-5-6-10-23)20-11-15-17(25-13-22-15)14-7-3-2-4-8-14/h2-4,7-8,13H,5-6,9-12H2,1H3,(H2,19,20,21). The van der Waals surface area contributed by atoms with E-state index in [9.17, 15) is 4.79 Å². The van der Waals surface area contributed by atoms with Crippen LogP contribution in [-0.4, -0.2) is 48.4 Å². The molecule has 1 aliphatic rings. The lowest BCUT2D eigenvalue weighted by Gasteiger charge is -2.17. The fourth-order valence-electron chi connectivity index (χ4n) is 2.85. The Morgan fingerprint density at radius 1 is 1.24 bits per heavy atom. The molecule has 25 heavy (non-hydrogen) atoms. The van der Waals surface area contributed by atoms with E-state index < -0.39 is 0 Å². The summed E-state index contributed by atoms with van der Waals surface area (Å²) >= 11 is 0. The predicted molar refractivity (Wildman–Crippen MR) is 96.0 cm³/mol. The summed E-state index contributed by atoms with van der Waals surface area (Å²) in [6, 6.07) is 9.83. The molecule has 1 saturated heterocycles. The molecule has 1 fully saturated rings. The van der Waals surface area contributed by atoms with E-state index in [0.29, 0.717) is 12.5 Å². The SMILES string of the molecule is CN=C(NCC(=O)N1CCCC1)NCc1ncoc1-c1ccccc1. The molecule has 2 N–H and O–H groups in total. The molecule has 1 amide bonds. The Morgan fingerprint density at radius 3 is 2.72 bits per heavy atom. The Kier molecular flexibility index (Phi) is 5.66. The van der Waals surface area contributed by atoms with Gasteiger partial charge in [-0.05, 0) is 12.8 Å². The van der Waals surface area contributed by atoms with E-state index in [2.05, 4.69) is 20.6 Å². The molecular formula is C18H23N5O2. The van der Waals surface area contributed by atoms with Crippen LogP contribution in [0.25, 0.3) is 11.3 Å². The molecule has 2 aromatic rings. The number of nitrogens with zero attached hydrogens (tertiary/aromatic N) is 3. The first-order chi connectivity index (χ1) is 12.3. The van der Waals surface area contributed by atoms with Crippen LogP contribution >= 0.6 is 0 Å². The van der Waals surface area contributed by atoms with Gasteiger partial charge in [0, 0.05) is 25.7 Å². The number of carbonyl (C=O) groups is 1. The van der Waals surface area contributed by atoms with Gasteiger partial charge in [0.1, 0.15) is 5.69 Å². The van der Waals surface area contributed by atoms with Crippen molar-refractivity contribution in [2.24, 2.45) is 4.99 Å². The van der Waals surface area contributed by atoms with Gasteiger partial charge in [-0.3, -0.25) is 9.79 Å². The van der Waals surface area contributed by atoms with Crippen molar-refractivity contribution < 1.29 is 9.21 Å². The van der Waals surface area contributed by atoms with Crippen LogP contribution in [0.1, 0.15) is 18.5 Å². The van der Waals surface area contributed by atoms with E-state index in [4.69, 9.17) is 4.42 Å². The number of aliphatic imine (C=N–C) groups is 1. The fourth-order valence-corrected chi connectivity index (χ4v) is 2.85. The Balaban J connectivity index is 1.54. The maximum absolute atomic E-state index is 12.1. The van der Waals surface area contributed by atoms with E-state index in [1.165, 1.54) is 6.39 Å². The van der Waals surface area contributed by atoms with E-state index in [0.717, 1.165) is 42.9 Å². The van der Waals surface area contributed by atoms with Gasteiger partial charge in [0.05, 0.1) is 13.1 Å². The average molecular weight is 341 g/mol. The quantitative estimate of drug-likeness (QED) is 0.638. The topological polar surface area (TPSA) is 82.8 Å². The zero-order valence-electron chi connectivity index (χ0n) is 14.4. The molecule has 1 aliphatic heterocycles. The first-order valence-electron chi connectivity index (χ1n) is 8.48. The number of benzene rings is 1. The third kappa shape index (κ3) is 4.37. The summed E-state index contributed by atoms with van der Waals surface area (Å²) in [5.74, 6) is 1.40. The lowest BCUT2D eigenvalue weighted by Crippen LogP contribution is -2.43. The first kappa shape index (κ1) is 17.0. The Labute approximate surface area is 147 Å². The fraction of sp³-hybridized carbons (Fsp3) is 0.389. The third-order valence-corrected chi connectivity index (χ3v) is 4.19. The second kappa shape index (κ2) is 8.32. The van der Waals surface area contributed by atoms with Crippen molar-refractivity contribution in [3.05, 3.63) is 42.4 Å². The number of nitrogens with one attached hydrogen (secondary N) is 2. The van der Waals surface area contributed by atoms with Crippen molar-refractivity contribution in [1.82, 2.24) is 20.5 Å². The van der Waals surface area contributed by atoms with Crippen molar-refractivity contribution >= 4 is 11.9 Å². The summed E-state index contributed by atoms with van der Waals surface area (Å²) in [6.45, 7) is 2.40. The smallest absolute Gasteiger partial charge is 0.241 e. The second-order valence-electron chi connectivity index (χ2n) is 5.86.